The lowest BCUT2D eigenvalue weighted by atomic mass is 9.93. The van der Waals surface area contributed by atoms with Gasteiger partial charge in [-0.15, -0.1) is 0 Å². The average Bonchev–Trinajstić information content (AvgIpc) is 2.34. The largest absolute Gasteiger partial charge is 0.496 e. The van der Waals surface area contributed by atoms with Crippen LogP contribution in [0.2, 0.25) is 0 Å². The molecule has 0 saturated carbocycles. The summed E-state index contributed by atoms with van der Waals surface area (Å²) in [6.07, 6.45) is 0.910. The third-order valence-corrected chi connectivity index (χ3v) is 2.86. The number of hydrogen-bond acceptors (Lipinski definition) is 3. The number of carboxylic acids is 1. The van der Waals surface area contributed by atoms with Gasteiger partial charge < -0.3 is 15.6 Å². The molecule has 0 amide bonds. The third kappa shape index (κ3) is 3.46. The highest BCUT2D eigenvalue weighted by Crippen LogP contribution is 2.26. The van der Waals surface area contributed by atoms with Crippen molar-refractivity contribution in [1.29, 1.82) is 0 Å². The maximum absolute atomic E-state index is 10.7. The van der Waals surface area contributed by atoms with E-state index in [1.165, 1.54) is 0 Å². The topological polar surface area (TPSA) is 72.6 Å². The predicted octanol–water partition coefficient (Wildman–Crippen LogP) is 1.77. The Morgan fingerprint density at radius 3 is 2.71 bits per heavy atom. The van der Waals surface area contributed by atoms with Crippen LogP contribution in [0.15, 0.2) is 18.2 Å². The molecule has 1 unspecified atom stereocenters. The minimum absolute atomic E-state index is 0.0615. The van der Waals surface area contributed by atoms with E-state index in [9.17, 15) is 4.79 Å². The summed E-state index contributed by atoms with van der Waals surface area (Å²) in [6.45, 7) is 2.37. The molecule has 0 aliphatic heterocycles. The molecule has 0 aliphatic carbocycles. The van der Waals surface area contributed by atoms with Gasteiger partial charge in [0.05, 0.1) is 13.5 Å². The SMILES string of the molecule is CCc1cc(C(CN)CC(=O)O)ccc1OC. The first-order valence-corrected chi connectivity index (χ1v) is 5.71. The summed E-state index contributed by atoms with van der Waals surface area (Å²) in [5.74, 6) is -0.125. The van der Waals surface area contributed by atoms with E-state index in [4.69, 9.17) is 15.6 Å². The van der Waals surface area contributed by atoms with Crippen LogP contribution in [0.25, 0.3) is 0 Å². The molecule has 1 aromatic rings. The Bertz CT molecular complexity index is 390. The number of hydrogen-bond donors (Lipinski definition) is 2. The summed E-state index contributed by atoms with van der Waals surface area (Å²) in [5, 5.41) is 8.82. The highest BCUT2D eigenvalue weighted by atomic mass is 16.5. The zero-order chi connectivity index (χ0) is 12.8. The second-order valence-electron chi connectivity index (χ2n) is 3.96. The third-order valence-electron chi connectivity index (χ3n) is 2.86. The van der Waals surface area contributed by atoms with E-state index in [-0.39, 0.29) is 12.3 Å². The van der Waals surface area contributed by atoms with Crippen molar-refractivity contribution in [3.8, 4) is 5.75 Å². The van der Waals surface area contributed by atoms with E-state index in [0.717, 1.165) is 23.3 Å². The molecule has 0 aromatic heterocycles. The van der Waals surface area contributed by atoms with Crippen molar-refractivity contribution in [3.05, 3.63) is 29.3 Å². The lowest BCUT2D eigenvalue weighted by Gasteiger charge is -2.15. The molecule has 17 heavy (non-hydrogen) atoms. The fourth-order valence-corrected chi connectivity index (χ4v) is 1.88. The molecular formula is C13H19NO3. The number of nitrogens with two attached hydrogens (primary N) is 1. The zero-order valence-corrected chi connectivity index (χ0v) is 10.3. The Morgan fingerprint density at radius 2 is 2.24 bits per heavy atom. The van der Waals surface area contributed by atoms with Crippen LogP contribution in [0.3, 0.4) is 0 Å². The standard InChI is InChI=1S/C13H19NO3/c1-3-9-6-10(4-5-12(9)17-2)11(8-14)7-13(15)16/h4-6,11H,3,7-8,14H2,1-2H3,(H,15,16). The fourth-order valence-electron chi connectivity index (χ4n) is 1.88. The Morgan fingerprint density at radius 1 is 1.53 bits per heavy atom. The van der Waals surface area contributed by atoms with Crippen molar-refractivity contribution in [2.24, 2.45) is 5.73 Å². The van der Waals surface area contributed by atoms with E-state index in [0.29, 0.717) is 6.54 Å². The number of carbonyl (C=O) groups is 1. The highest BCUT2D eigenvalue weighted by Gasteiger charge is 2.15. The molecule has 0 saturated heterocycles. The summed E-state index contributed by atoms with van der Waals surface area (Å²) in [7, 11) is 1.63. The van der Waals surface area contributed by atoms with Crippen LogP contribution < -0.4 is 10.5 Å². The van der Waals surface area contributed by atoms with Crippen LogP contribution in [0.5, 0.6) is 5.75 Å². The first kappa shape index (κ1) is 13.5. The summed E-state index contributed by atoms with van der Waals surface area (Å²) in [5.41, 5.74) is 7.66. The molecule has 94 valence electrons. The van der Waals surface area contributed by atoms with Gasteiger partial charge in [-0.1, -0.05) is 19.1 Å². The van der Waals surface area contributed by atoms with E-state index in [1.54, 1.807) is 7.11 Å². The van der Waals surface area contributed by atoms with Crippen LogP contribution in [-0.4, -0.2) is 24.7 Å². The van der Waals surface area contributed by atoms with E-state index in [1.807, 2.05) is 25.1 Å². The van der Waals surface area contributed by atoms with Crippen molar-refractivity contribution in [1.82, 2.24) is 0 Å². The predicted molar refractivity (Wildman–Crippen MR) is 66.4 cm³/mol. The van der Waals surface area contributed by atoms with Crippen LogP contribution in [-0.2, 0) is 11.2 Å². The van der Waals surface area contributed by atoms with Crippen LogP contribution >= 0.6 is 0 Å². The molecule has 0 heterocycles. The lowest BCUT2D eigenvalue weighted by molar-refractivity contribution is -0.137. The Kier molecular flexibility index (Phi) is 4.97. The monoisotopic (exact) mass is 237 g/mol. The van der Waals surface area contributed by atoms with Crippen molar-refractivity contribution in [2.75, 3.05) is 13.7 Å². The van der Waals surface area contributed by atoms with Gasteiger partial charge >= 0.3 is 5.97 Å². The van der Waals surface area contributed by atoms with Crippen molar-refractivity contribution in [2.45, 2.75) is 25.7 Å². The van der Waals surface area contributed by atoms with Gasteiger partial charge in [-0.2, -0.15) is 0 Å². The molecule has 0 aliphatic rings. The molecule has 4 heteroatoms. The number of rotatable bonds is 6. The average molecular weight is 237 g/mol. The molecule has 1 atom stereocenters. The number of aryl methyl sites for hydroxylation is 1. The summed E-state index contributed by atoms with van der Waals surface area (Å²) in [4.78, 5) is 10.7. The zero-order valence-electron chi connectivity index (χ0n) is 10.3. The molecular weight excluding hydrogens is 218 g/mol. The quantitative estimate of drug-likeness (QED) is 0.791. The van der Waals surface area contributed by atoms with E-state index in [2.05, 4.69) is 0 Å². The summed E-state index contributed by atoms with van der Waals surface area (Å²) >= 11 is 0. The molecule has 0 spiro atoms. The Balaban J connectivity index is 3.00. The van der Waals surface area contributed by atoms with E-state index >= 15 is 0 Å². The maximum atomic E-state index is 10.7. The van der Waals surface area contributed by atoms with Gasteiger partial charge in [0.1, 0.15) is 5.75 Å². The van der Waals surface area contributed by atoms with Crippen molar-refractivity contribution in [3.63, 3.8) is 0 Å². The molecule has 1 rings (SSSR count). The van der Waals surface area contributed by atoms with Gasteiger partial charge in [0.2, 0.25) is 0 Å². The Hall–Kier alpha value is -1.55. The number of carboxylic acid groups (broad SMARTS) is 1. The Labute approximate surface area is 101 Å². The number of methoxy groups -OCH3 is 1. The smallest absolute Gasteiger partial charge is 0.304 e. The van der Waals surface area contributed by atoms with Crippen LogP contribution in [0.1, 0.15) is 30.4 Å². The molecule has 0 bridgehead atoms. The van der Waals surface area contributed by atoms with Gasteiger partial charge in [-0.25, -0.2) is 0 Å². The molecule has 0 fully saturated rings. The number of ether oxygens (including phenoxy) is 1. The van der Waals surface area contributed by atoms with E-state index < -0.39 is 5.97 Å². The second kappa shape index (κ2) is 6.25. The summed E-state index contributed by atoms with van der Waals surface area (Å²) < 4.78 is 5.24. The van der Waals surface area contributed by atoms with Crippen molar-refractivity contribution < 1.29 is 14.6 Å². The fraction of sp³-hybridized carbons (Fsp3) is 0.462. The first-order valence-electron chi connectivity index (χ1n) is 5.71. The highest BCUT2D eigenvalue weighted by molar-refractivity contribution is 5.68. The van der Waals surface area contributed by atoms with Crippen molar-refractivity contribution >= 4 is 5.97 Å². The molecule has 4 nitrogen and oxygen atoms in total. The van der Waals surface area contributed by atoms with Gasteiger partial charge in [-0.3, -0.25) is 4.79 Å². The number of aliphatic carboxylic acids is 1. The second-order valence-corrected chi connectivity index (χ2v) is 3.96. The van der Waals surface area contributed by atoms with Crippen LogP contribution in [0.4, 0.5) is 0 Å². The minimum atomic E-state index is -0.825. The van der Waals surface area contributed by atoms with Gasteiger partial charge in [0.25, 0.3) is 0 Å². The number of benzene rings is 1. The summed E-state index contributed by atoms with van der Waals surface area (Å²) in [6, 6.07) is 5.75. The maximum Gasteiger partial charge on any atom is 0.304 e. The van der Waals surface area contributed by atoms with Crippen LogP contribution in [0, 0.1) is 0 Å². The minimum Gasteiger partial charge on any atom is -0.496 e. The lowest BCUT2D eigenvalue weighted by Crippen LogP contribution is -2.16. The molecule has 3 N–H and O–H groups in total. The molecule has 1 aromatic carbocycles. The van der Waals surface area contributed by atoms with Gasteiger partial charge in [0.15, 0.2) is 0 Å². The normalized spacial score (nSPS) is 12.2. The van der Waals surface area contributed by atoms with Gasteiger partial charge in [-0.05, 0) is 30.2 Å². The molecule has 0 radical (unpaired) electrons. The van der Waals surface area contributed by atoms with Gasteiger partial charge in [0, 0.05) is 5.92 Å². The first-order chi connectivity index (χ1) is 8.12.